The molecular weight excluding hydrogens is 202 g/mol. The van der Waals surface area contributed by atoms with Crippen LogP contribution in [-0.2, 0) is 9.47 Å². The minimum atomic E-state index is 0.538. The third kappa shape index (κ3) is 13.9. The van der Waals surface area contributed by atoms with Crippen molar-refractivity contribution in [2.24, 2.45) is 5.92 Å². The summed E-state index contributed by atoms with van der Waals surface area (Å²) in [7, 11) is 0. The smallest absolute Gasteiger partial charge is 0.0701 e. The molecule has 16 heavy (non-hydrogen) atoms. The first-order valence-corrected chi connectivity index (χ1v) is 6.51. The second-order valence-corrected chi connectivity index (χ2v) is 4.87. The summed E-state index contributed by atoms with van der Waals surface area (Å²) in [6.07, 6.45) is 2.41. The second-order valence-electron chi connectivity index (χ2n) is 4.87. The van der Waals surface area contributed by atoms with Crippen molar-refractivity contribution < 1.29 is 9.47 Å². The average molecular weight is 231 g/mol. The van der Waals surface area contributed by atoms with Crippen LogP contribution < -0.4 is 5.32 Å². The normalized spacial score (nSPS) is 11.6. The quantitative estimate of drug-likeness (QED) is 0.554. The molecule has 0 fully saturated rings. The van der Waals surface area contributed by atoms with Crippen molar-refractivity contribution in [3.05, 3.63) is 0 Å². The van der Waals surface area contributed by atoms with Crippen molar-refractivity contribution in [1.82, 2.24) is 5.32 Å². The standard InChI is InChI=1S/C13H29NO2/c1-12(2)6-5-8-15-10-11-16-9-7-14-13(3)4/h12-14H,5-11H2,1-4H3. The van der Waals surface area contributed by atoms with Gasteiger partial charge >= 0.3 is 0 Å². The summed E-state index contributed by atoms with van der Waals surface area (Å²) in [5, 5.41) is 3.30. The molecule has 0 aromatic rings. The van der Waals surface area contributed by atoms with Gasteiger partial charge in [0.25, 0.3) is 0 Å². The van der Waals surface area contributed by atoms with E-state index in [0.29, 0.717) is 12.6 Å². The molecule has 3 heteroatoms. The highest BCUT2D eigenvalue weighted by Crippen LogP contribution is 2.02. The fourth-order valence-electron chi connectivity index (χ4n) is 1.34. The predicted octanol–water partition coefficient (Wildman–Crippen LogP) is 2.45. The third-order valence-corrected chi connectivity index (χ3v) is 2.24. The van der Waals surface area contributed by atoms with Gasteiger partial charge in [-0.25, -0.2) is 0 Å². The highest BCUT2D eigenvalue weighted by Gasteiger charge is 1.95. The maximum atomic E-state index is 5.47. The molecule has 1 N–H and O–H groups in total. The van der Waals surface area contributed by atoms with E-state index in [2.05, 4.69) is 33.0 Å². The average Bonchev–Trinajstić information content (AvgIpc) is 2.20. The molecule has 0 saturated carbocycles. The first-order chi connectivity index (χ1) is 7.63. The zero-order valence-corrected chi connectivity index (χ0v) is 11.4. The minimum absolute atomic E-state index is 0.538. The van der Waals surface area contributed by atoms with Crippen LogP contribution in [0, 0.1) is 5.92 Å². The van der Waals surface area contributed by atoms with Gasteiger partial charge < -0.3 is 14.8 Å². The number of hydrogen-bond acceptors (Lipinski definition) is 3. The second kappa shape index (κ2) is 11.4. The molecule has 0 atom stereocenters. The van der Waals surface area contributed by atoms with Gasteiger partial charge in [-0.05, 0) is 18.8 Å². The minimum Gasteiger partial charge on any atom is -0.379 e. The highest BCUT2D eigenvalue weighted by molar-refractivity contribution is 4.50. The molecule has 3 nitrogen and oxygen atoms in total. The Morgan fingerprint density at radius 1 is 0.875 bits per heavy atom. The molecule has 98 valence electrons. The molecule has 0 radical (unpaired) electrons. The van der Waals surface area contributed by atoms with Crippen LogP contribution >= 0.6 is 0 Å². The summed E-state index contributed by atoms with van der Waals surface area (Å²) >= 11 is 0. The molecule has 0 amide bonds. The highest BCUT2D eigenvalue weighted by atomic mass is 16.5. The van der Waals surface area contributed by atoms with Crippen LogP contribution in [0.4, 0.5) is 0 Å². The molecule has 0 spiro atoms. The van der Waals surface area contributed by atoms with E-state index in [9.17, 15) is 0 Å². The van der Waals surface area contributed by atoms with Gasteiger partial charge in [0.05, 0.1) is 19.8 Å². The van der Waals surface area contributed by atoms with E-state index in [1.807, 2.05) is 0 Å². The van der Waals surface area contributed by atoms with Gasteiger partial charge in [-0.3, -0.25) is 0 Å². The number of ether oxygens (including phenoxy) is 2. The Morgan fingerprint density at radius 3 is 2.06 bits per heavy atom. The Kier molecular flexibility index (Phi) is 11.3. The number of rotatable bonds is 11. The molecule has 0 aromatic heterocycles. The van der Waals surface area contributed by atoms with Crippen molar-refractivity contribution >= 4 is 0 Å². The fraction of sp³-hybridized carbons (Fsp3) is 1.00. The van der Waals surface area contributed by atoms with Crippen molar-refractivity contribution in [2.75, 3.05) is 33.0 Å². The molecule has 0 aliphatic heterocycles. The summed E-state index contributed by atoms with van der Waals surface area (Å²) in [4.78, 5) is 0. The third-order valence-electron chi connectivity index (χ3n) is 2.24. The van der Waals surface area contributed by atoms with Crippen LogP contribution in [0.3, 0.4) is 0 Å². The van der Waals surface area contributed by atoms with Crippen LogP contribution in [0.5, 0.6) is 0 Å². The van der Waals surface area contributed by atoms with Gasteiger partial charge in [-0.15, -0.1) is 0 Å². The lowest BCUT2D eigenvalue weighted by Crippen LogP contribution is -2.27. The summed E-state index contributed by atoms with van der Waals surface area (Å²) in [6.45, 7) is 12.7. The molecule has 0 unspecified atom stereocenters. The van der Waals surface area contributed by atoms with E-state index in [1.165, 1.54) is 6.42 Å². The fourth-order valence-corrected chi connectivity index (χ4v) is 1.34. The monoisotopic (exact) mass is 231 g/mol. The Morgan fingerprint density at radius 2 is 1.50 bits per heavy atom. The van der Waals surface area contributed by atoms with Crippen LogP contribution in [0.2, 0.25) is 0 Å². The van der Waals surface area contributed by atoms with Crippen molar-refractivity contribution in [3.63, 3.8) is 0 Å². The van der Waals surface area contributed by atoms with Crippen LogP contribution in [-0.4, -0.2) is 39.0 Å². The Bertz CT molecular complexity index is 122. The molecule has 0 aliphatic carbocycles. The van der Waals surface area contributed by atoms with E-state index < -0.39 is 0 Å². The number of nitrogens with one attached hydrogen (secondary N) is 1. The zero-order valence-electron chi connectivity index (χ0n) is 11.4. The molecule has 0 aliphatic rings. The van der Waals surface area contributed by atoms with Gasteiger partial charge in [0.2, 0.25) is 0 Å². The van der Waals surface area contributed by atoms with Crippen molar-refractivity contribution in [1.29, 1.82) is 0 Å². The molecule has 0 heterocycles. The topological polar surface area (TPSA) is 30.5 Å². The Balaban J connectivity index is 2.93. The summed E-state index contributed by atoms with van der Waals surface area (Å²) in [5.74, 6) is 0.780. The largest absolute Gasteiger partial charge is 0.379 e. The van der Waals surface area contributed by atoms with E-state index in [1.54, 1.807) is 0 Å². The summed E-state index contributed by atoms with van der Waals surface area (Å²) in [5.41, 5.74) is 0. The van der Waals surface area contributed by atoms with Crippen LogP contribution in [0.1, 0.15) is 40.5 Å². The lowest BCUT2D eigenvalue weighted by atomic mass is 10.1. The van der Waals surface area contributed by atoms with Crippen LogP contribution in [0.15, 0.2) is 0 Å². The van der Waals surface area contributed by atoms with Gasteiger partial charge in [-0.2, -0.15) is 0 Å². The SMILES string of the molecule is CC(C)CCCOCCOCCNC(C)C. The molecule has 0 bridgehead atoms. The Hall–Kier alpha value is -0.120. The molecular formula is C13H29NO2. The zero-order chi connectivity index (χ0) is 12.2. The van der Waals surface area contributed by atoms with E-state index >= 15 is 0 Å². The maximum Gasteiger partial charge on any atom is 0.0701 e. The van der Waals surface area contributed by atoms with Gasteiger partial charge in [0.1, 0.15) is 0 Å². The van der Waals surface area contributed by atoms with Gasteiger partial charge in [0.15, 0.2) is 0 Å². The van der Waals surface area contributed by atoms with Crippen molar-refractivity contribution in [3.8, 4) is 0 Å². The lowest BCUT2D eigenvalue weighted by Gasteiger charge is -2.09. The maximum absolute atomic E-state index is 5.47. The van der Waals surface area contributed by atoms with Gasteiger partial charge in [-0.1, -0.05) is 27.7 Å². The van der Waals surface area contributed by atoms with E-state index in [-0.39, 0.29) is 0 Å². The predicted molar refractivity (Wildman–Crippen MR) is 68.8 cm³/mol. The first-order valence-electron chi connectivity index (χ1n) is 6.51. The first kappa shape index (κ1) is 15.9. The van der Waals surface area contributed by atoms with Crippen molar-refractivity contribution in [2.45, 2.75) is 46.6 Å². The number of hydrogen-bond donors (Lipinski definition) is 1. The lowest BCUT2D eigenvalue weighted by molar-refractivity contribution is 0.0463. The Labute approximate surface area is 101 Å². The van der Waals surface area contributed by atoms with E-state index in [4.69, 9.17) is 9.47 Å². The summed E-state index contributed by atoms with van der Waals surface area (Å²) in [6, 6.07) is 0.538. The van der Waals surface area contributed by atoms with Crippen LogP contribution in [0.25, 0.3) is 0 Å². The van der Waals surface area contributed by atoms with E-state index in [0.717, 1.165) is 38.7 Å². The van der Waals surface area contributed by atoms with Gasteiger partial charge in [0, 0.05) is 19.2 Å². The molecule has 0 rings (SSSR count). The summed E-state index contributed by atoms with van der Waals surface area (Å²) < 4.78 is 10.9. The molecule has 0 saturated heterocycles. The molecule has 0 aromatic carbocycles.